The molecule has 1 fully saturated rings. The van der Waals surface area contributed by atoms with Crippen LogP contribution in [0.3, 0.4) is 0 Å². The molecule has 0 saturated carbocycles. The minimum atomic E-state index is -1.03. The predicted octanol–water partition coefficient (Wildman–Crippen LogP) is 0.626. The molecule has 2 rings (SSSR count). The lowest BCUT2D eigenvalue weighted by molar-refractivity contribution is -0.145. The number of rotatable bonds is 4. The Morgan fingerprint density at radius 2 is 2.50 bits per heavy atom. The second kappa shape index (κ2) is 4.31. The molecule has 5 nitrogen and oxygen atoms in total. The van der Waals surface area contributed by atoms with Crippen LogP contribution in [0.5, 0.6) is 0 Å². The fourth-order valence-electron chi connectivity index (χ4n) is 1.53. The molecule has 0 aromatic rings. The smallest absolute Gasteiger partial charge is 0.354 e. The zero-order valence-electron chi connectivity index (χ0n) is 8.67. The topological polar surface area (TPSA) is 83.6 Å². The van der Waals surface area contributed by atoms with Crippen LogP contribution in [0.1, 0.15) is 13.3 Å². The summed E-state index contributed by atoms with van der Waals surface area (Å²) in [7, 11) is 0. The Kier molecular flexibility index (Phi) is 3.18. The largest absolute Gasteiger partial charge is 0.477 e. The quantitative estimate of drug-likeness (QED) is 0.721. The van der Waals surface area contributed by atoms with Crippen LogP contribution in [0, 0.1) is 0 Å². The lowest BCUT2D eigenvalue weighted by Gasteiger charge is -2.33. The molecule has 1 unspecified atom stereocenters. The molecule has 0 radical (unpaired) electrons. The van der Waals surface area contributed by atoms with Crippen molar-refractivity contribution in [1.82, 2.24) is 4.90 Å². The normalized spacial score (nSPS) is 25.5. The number of carboxylic acid groups (broad SMARTS) is 1. The summed E-state index contributed by atoms with van der Waals surface area (Å²) >= 11 is 2.87. The summed E-state index contributed by atoms with van der Waals surface area (Å²) < 4.78 is 0.709. The van der Waals surface area contributed by atoms with Crippen LogP contribution >= 0.6 is 23.5 Å². The third-order valence-electron chi connectivity index (χ3n) is 2.26. The molecule has 0 aromatic heterocycles. The van der Waals surface area contributed by atoms with Gasteiger partial charge in [-0.1, -0.05) is 11.8 Å². The molecular weight excluding hydrogens is 248 g/mol. The molecule has 2 heterocycles. The Labute approximate surface area is 101 Å². The van der Waals surface area contributed by atoms with Gasteiger partial charge in [-0.25, -0.2) is 4.79 Å². The lowest BCUT2D eigenvalue weighted by Crippen LogP contribution is -2.48. The van der Waals surface area contributed by atoms with Crippen LogP contribution in [0.2, 0.25) is 0 Å². The van der Waals surface area contributed by atoms with Gasteiger partial charge in [-0.3, -0.25) is 9.69 Å². The van der Waals surface area contributed by atoms with E-state index < -0.39 is 5.97 Å². The van der Waals surface area contributed by atoms with Crippen molar-refractivity contribution in [3.8, 4) is 0 Å². The first-order valence-electron chi connectivity index (χ1n) is 4.85. The molecule has 2 aliphatic heterocycles. The first-order chi connectivity index (χ1) is 7.50. The highest BCUT2D eigenvalue weighted by atomic mass is 32.2. The fourth-order valence-corrected chi connectivity index (χ4v) is 4.17. The number of carbonyl (C=O) groups excluding carboxylic acids is 1. The van der Waals surface area contributed by atoms with Crippen LogP contribution in [0.25, 0.3) is 0 Å². The Balaban J connectivity index is 2.15. The average molecular weight is 260 g/mol. The summed E-state index contributed by atoms with van der Waals surface area (Å²) in [5.74, 6) is -0.477. The summed E-state index contributed by atoms with van der Waals surface area (Å²) in [6.45, 7) is 1.87. The van der Waals surface area contributed by atoms with E-state index in [9.17, 15) is 9.59 Å². The van der Waals surface area contributed by atoms with Crippen molar-refractivity contribution < 1.29 is 14.7 Å². The van der Waals surface area contributed by atoms with Crippen LogP contribution in [0.4, 0.5) is 0 Å². The van der Waals surface area contributed by atoms with Crippen LogP contribution in [-0.2, 0) is 9.59 Å². The predicted molar refractivity (Wildman–Crippen MR) is 63.6 cm³/mol. The van der Waals surface area contributed by atoms with Crippen LogP contribution in [-0.4, -0.2) is 39.1 Å². The third kappa shape index (κ3) is 1.94. The monoisotopic (exact) mass is 260 g/mol. The highest BCUT2D eigenvalue weighted by molar-refractivity contribution is 8.22. The highest BCUT2D eigenvalue weighted by Crippen LogP contribution is 2.50. The molecule has 2 atom stereocenters. The Morgan fingerprint density at radius 1 is 1.81 bits per heavy atom. The van der Waals surface area contributed by atoms with Gasteiger partial charge in [-0.15, -0.1) is 11.8 Å². The van der Waals surface area contributed by atoms with Gasteiger partial charge >= 0.3 is 5.97 Å². The van der Waals surface area contributed by atoms with Gasteiger partial charge < -0.3 is 10.8 Å². The van der Waals surface area contributed by atoms with Gasteiger partial charge in [0.15, 0.2) is 5.70 Å². The van der Waals surface area contributed by atoms with E-state index in [-0.39, 0.29) is 23.0 Å². The number of carbonyl (C=O) groups is 2. The highest BCUT2D eigenvalue weighted by Gasteiger charge is 2.48. The maximum Gasteiger partial charge on any atom is 0.354 e. The second-order valence-electron chi connectivity index (χ2n) is 3.77. The molecule has 0 aromatic carbocycles. The van der Waals surface area contributed by atoms with Crippen molar-refractivity contribution in [3.63, 3.8) is 0 Å². The molecule has 1 saturated heterocycles. The van der Waals surface area contributed by atoms with Crippen molar-refractivity contribution in [2.24, 2.45) is 5.73 Å². The van der Waals surface area contributed by atoms with Gasteiger partial charge in [0.05, 0.1) is 16.0 Å². The number of carboxylic acids is 1. The van der Waals surface area contributed by atoms with E-state index in [4.69, 9.17) is 10.8 Å². The molecule has 0 aliphatic carbocycles. The molecule has 0 bridgehead atoms. The Bertz CT molecular complexity index is 381. The maximum absolute atomic E-state index is 11.3. The molecule has 0 spiro atoms. The molecular formula is C9H12N2O3S2. The van der Waals surface area contributed by atoms with Gasteiger partial charge in [0.25, 0.3) is 0 Å². The molecule has 88 valence electrons. The summed E-state index contributed by atoms with van der Waals surface area (Å²) in [6, 6.07) is 0.0112. The summed E-state index contributed by atoms with van der Waals surface area (Å²) in [6.07, 6.45) is 0.434. The maximum atomic E-state index is 11.3. The van der Waals surface area contributed by atoms with Crippen molar-refractivity contribution >= 4 is 35.4 Å². The SMILES string of the molecule is CC(N)CSC1=C(C(=O)O)N2C(=O)C[C@H]2S1. The number of nitrogens with zero attached hydrogens (tertiary/aromatic N) is 1. The van der Waals surface area contributed by atoms with Crippen molar-refractivity contribution in [3.05, 3.63) is 9.93 Å². The minimum absolute atomic E-state index is 0.00539. The first kappa shape index (κ1) is 11.8. The van der Waals surface area contributed by atoms with Gasteiger partial charge in [0.1, 0.15) is 0 Å². The number of fused-ring (bicyclic) bond motifs is 1. The van der Waals surface area contributed by atoms with Crippen molar-refractivity contribution in [1.29, 1.82) is 0 Å². The van der Waals surface area contributed by atoms with Crippen LogP contribution in [0.15, 0.2) is 9.93 Å². The lowest BCUT2D eigenvalue weighted by atomic mass is 10.2. The zero-order valence-corrected chi connectivity index (χ0v) is 10.3. The van der Waals surface area contributed by atoms with Gasteiger partial charge in [0, 0.05) is 11.8 Å². The van der Waals surface area contributed by atoms with Crippen LogP contribution < -0.4 is 5.73 Å². The van der Waals surface area contributed by atoms with E-state index in [1.54, 1.807) is 0 Å². The van der Waals surface area contributed by atoms with E-state index in [1.165, 1.54) is 28.4 Å². The van der Waals surface area contributed by atoms with E-state index in [2.05, 4.69) is 0 Å². The minimum Gasteiger partial charge on any atom is -0.477 e. The first-order valence-corrected chi connectivity index (χ1v) is 6.72. The number of thioether (sulfide) groups is 2. The van der Waals surface area contributed by atoms with E-state index in [1.807, 2.05) is 6.92 Å². The number of hydrogen-bond acceptors (Lipinski definition) is 5. The second-order valence-corrected chi connectivity index (χ2v) is 6.25. The molecule has 7 heteroatoms. The summed E-state index contributed by atoms with van der Waals surface area (Å²) in [5, 5.41) is 9.07. The molecule has 16 heavy (non-hydrogen) atoms. The Morgan fingerprint density at radius 3 is 3.00 bits per heavy atom. The van der Waals surface area contributed by atoms with Gasteiger partial charge in [0.2, 0.25) is 5.91 Å². The summed E-state index contributed by atoms with van der Waals surface area (Å²) in [5.41, 5.74) is 5.76. The van der Waals surface area contributed by atoms with Crippen molar-refractivity contribution in [2.45, 2.75) is 24.8 Å². The number of β-lactam (4-membered cyclic amide) rings is 1. The molecule has 1 amide bonds. The summed E-state index contributed by atoms with van der Waals surface area (Å²) in [4.78, 5) is 23.7. The number of hydrogen-bond donors (Lipinski definition) is 2. The third-order valence-corrected chi connectivity index (χ3v) is 5.11. The number of amides is 1. The number of nitrogens with two attached hydrogens (primary N) is 1. The average Bonchev–Trinajstić information content (AvgIpc) is 2.47. The molecule has 2 aliphatic rings. The molecule has 3 N–H and O–H groups in total. The zero-order chi connectivity index (χ0) is 11.9. The Hall–Kier alpha value is -0.660. The fraction of sp³-hybridized carbons (Fsp3) is 0.556. The van der Waals surface area contributed by atoms with Gasteiger partial charge in [-0.05, 0) is 6.92 Å². The number of aliphatic carboxylic acids is 1. The van der Waals surface area contributed by atoms with Crippen molar-refractivity contribution in [2.75, 3.05) is 5.75 Å². The van der Waals surface area contributed by atoms with E-state index in [0.717, 1.165) is 0 Å². The van der Waals surface area contributed by atoms with E-state index in [0.29, 0.717) is 16.4 Å². The van der Waals surface area contributed by atoms with Gasteiger partial charge in [-0.2, -0.15) is 0 Å². The standard InChI is InChI=1S/C9H12N2O3S2/c1-4(10)3-15-9-7(8(13)14)11-5(12)2-6(11)16-9/h4,6H,2-3,10H2,1H3,(H,13,14)/t4?,6-/m1/s1. The van der Waals surface area contributed by atoms with E-state index >= 15 is 0 Å².